The Balaban J connectivity index is 2.26. The molecule has 2 aromatic rings. The quantitative estimate of drug-likeness (QED) is 0.838. The van der Waals surface area contributed by atoms with Crippen LogP contribution in [0.1, 0.15) is 42.6 Å². The number of ether oxygens (including phenoxy) is 1. The molecule has 0 bridgehead atoms. The van der Waals surface area contributed by atoms with Gasteiger partial charge >= 0.3 is 5.97 Å². The maximum absolute atomic E-state index is 12.4. The smallest absolute Gasteiger partial charge is 0.335 e. The van der Waals surface area contributed by atoms with E-state index in [1.807, 2.05) is 30.7 Å². The lowest BCUT2D eigenvalue weighted by Gasteiger charge is -2.17. The first kappa shape index (κ1) is 17.0. The van der Waals surface area contributed by atoms with Crippen molar-refractivity contribution in [2.45, 2.75) is 32.8 Å². The molecule has 122 valence electrons. The van der Waals surface area contributed by atoms with Gasteiger partial charge in [-0.05, 0) is 61.4 Å². The number of aromatic carboxylic acids is 1. The molecule has 1 heterocycles. The summed E-state index contributed by atoms with van der Waals surface area (Å²) in [5, 5.41) is 15.7. The van der Waals surface area contributed by atoms with Crippen LogP contribution in [0.25, 0.3) is 0 Å². The molecule has 5 nitrogen and oxygen atoms in total. The number of amides is 1. The average Bonchev–Trinajstić information content (AvgIpc) is 3.01. The summed E-state index contributed by atoms with van der Waals surface area (Å²) in [6.45, 7) is 5.54. The third kappa shape index (κ3) is 4.32. The SMILES string of the molecule is CC(C)Oc1ccc(C(=O)O)cc1NC(=O)C(C)c1ccsc1. The molecule has 0 saturated carbocycles. The van der Waals surface area contributed by atoms with Crippen LogP contribution >= 0.6 is 11.3 Å². The van der Waals surface area contributed by atoms with Crippen molar-refractivity contribution in [1.29, 1.82) is 0 Å². The normalized spacial score (nSPS) is 12.0. The minimum atomic E-state index is -1.05. The topological polar surface area (TPSA) is 75.6 Å². The minimum absolute atomic E-state index is 0.0874. The van der Waals surface area contributed by atoms with Gasteiger partial charge in [0, 0.05) is 0 Å². The maximum atomic E-state index is 12.4. The second-order valence-corrected chi connectivity index (χ2v) is 6.23. The summed E-state index contributed by atoms with van der Waals surface area (Å²) in [6.07, 6.45) is -0.0874. The molecule has 1 aromatic heterocycles. The van der Waals surface area contributed by atoms with Gasteiger partial charge in [-0.15, -0.1) is 0 Å². The van der Waals surface area contributed by atoms with Crippen molar-refractivity contribution in [3.8, 4) is 5.75 Å². The highest BCUT2D eigenvalue weighted by Gasteiger charge is 2.19. The molecule has 0 radical (unpaired) electrons. The Hall–Kier alpha value is -2.34. The van der Waals surface area contributed by atoms with E-state index < -0.39 is 5.97 Å². The molecule has 0 spiro atoms. The summed E-state index contributed by atoms with van der Waals surface area (Å²) in [5.74, 6) is -1.14. The first-order valence-electron chi connectivity index (χ1n) is 7.25. The van der Waals surface area contributed by atoms with Crippen molar-refractivity contribution in [1.82, 2.24) is 0 Å². The van der Waals surface area contributed by atoms with Crippen LogP contribution in [-0.4, -0.2) is 23.1 Å². The molecule has 0 aliphatic heterocycles. The van der Waals surface area contributed by atoms with E-state index >= 15 is 0 Å². The number of rotatable bonds is 6. The fourth-order valence-electron chi connectivity index (χ4n) is 2.03. The number of anilines is 1. The Labute approximate surface area is 138 Å². The zero-order valence-corrected chi connectivity index (χ0v) is 14.0. The Kier molecular flexibility index (Phi) is 5.39. The molecule has 23 heavy (non-hydrogen) atoms. The van der Waals surface area contributed by atoms with E-state index in [0.29, 0.717) is 11.4 Å². The molecule has 0 aliphatic rings. The van der Waals surface area contributed by atoms with Crippen LogP contribution in [0.5, 0.6) is 5.75 Å². The molecule has 6 heteroatoms. The lowest BCUT2D eigenvalue weighted by molar-refractivity contribution is -0.117. The second-order valence-electron chi connectivity index (χ2n) is 5.45. The number of hydrogen-bond acceptors (Lipinski definition) is 4. The summed E-state index contributed by atoms with van der Waals surface area (Å²) in [7, 11) is 0. The molecular formula is C17H19NO4S. The monoisotopic (exact) mass is 333 g/mol. The molecule has 2 N–H and O–H groups in total. The lowest BCUT2D eigenvalue weighted by atomic mass is 10.0. The Morgan fingerprint density at radius 3 is 2.52 bits per heavy atom. The lowest BCUT2D eigenvalue weighted by Crippen LogP contribution is -2.20. The van der Waals surface area contributed by atoms with Crippen LogP contribution in [-0.2, 0) is 4.79 Å². The largest absolute Gasteiger partial charge is 0.489 e. The molecule has 1 aromatic carbocycles. The van der Waals surface area contributed by atoms with Gasteiger partial charge < -0.3 is 15.2 Å². The Morgan fingerprint density at radius 1 is 1.22 bits per heavy atom. The van der Waals surface area contributed by atoms with Crippen LogP contribution in [0.2, 0.25) is 0 Å². The highest BCUT2D eigenvalue weighted by atomic mass is 32.1. The van der Waals surface area contributed by atoms with Crippen molar-refractivity contribution in [2.24, 2.45) is 0 Å². The van der Waals surface area contributed by atoms with Gasteiger partial charge in [0.05, 0.1) is 23.3 Å². The zero-order chi connectivity index (χ0) is 17.0. The first-order chi connectivity index (χ1) is 10.9. The van der Waals surface area contributed by atoms with Crippen LogP contribution in [0, 0.1) is 0 Å². The molecule has 1 amide bonds. The third-order valence-corrected chi connectivity index (χ3v) is 3.98. The molecule has 1 unspecified atom stereocenters. The van der Waals surface area contributed by atoms with Gasteiger partial charge in [0.25, 0.3) is 0 Å². The van der Waals surface area contributed by atoms with Crippen LogP contribution in [0.3, 0.4) is 0 Å². The first-order valence-corrected chi connectivity index (χ1v) is 8.19. The number of hydrogen-bond donors (Lipinski definition) is 2. The van der Waals surface area contributed by atoms with Crippen molar-refractivity contribution in [3.63, 3.8) is 0 Å². The van der Waals surface area contributed by atoms with Crippen molar-refractivity contribution >= 4 is 28.9 Å². The Bertz CT molecular complexity index is 695. The van der Waals surface area contributed by atoms with E-state index in [1.165, 1.54) is 23.5 Å². The molecule has 0 fully saturated rings. The fourth-order valence-corrected chi connectivity index (χ4v) is 2.79. The minimum Gasteiger partial charge on any atom is -0.489 e. The predicted molar refractivity (Wildman–Crippen MR) is 90.5 cm³/mol. The number of carboxylic acid groups (broad SMARTS) is 1. The predicted octanol–water partition coefficient (Wildman–Crippen LogP) is 3.98. The van der Waals surface area contributed by atoms with E-state index in [1.54, 1.807) is 13.0 Å². The summed E-state index contributed by atoms with van der Waals surface area (Å²) in [6, 6.07) is 6.33. The Morgan fingerprint density at radius 2 is 1.96 bits per heavy atom. The summed E-state index contributed by atoms with van der Waals surface area (Å²) >= 11 is 1.53. The van der Waals surface area contributed by atoms with Gasteiger partial charge in [0.1, 0.15) is 5.75 Å². The highest BCUT2D eigenvalue weighted by Crippen LogP contribution is 2.29. The van der Waals surface area contributed by atoms with Gasteiger partial charge in [-0.25, -0.2) is 4.79 Å². The zero-order valence-electron chi connectivity index (χ0n) is 13.2. The number of thiophene rings is 1. The molecule has 1 atom stereocenters. The van der Waals surface area contributed by atoms with Crippen molar-refractivity contribution < 1.29 is 19.4 Å². The maximum Gasteiger partial charge on any atom is 0.335 e. The van der Waals surface area contributed by atoms with Gasteiger partial charge in [-0.3, -0.25) is 4.79 Å². The number of carbonyl (C=O) groups excluding carboxylic acids is 1. The van der Waals surface area contributed by atoms with Gasteiger partial charge in [0.2, 0.25) is 5.91 Å². The highest BCUT2D eigenvalue weighted by molar-refractivity contribution is 7.08. The van der Waals surface area contributed by atoms with E-state index in [4.69, 9.17) is 9.84 Å². The van der Waals surface area contributed by atoms with E-state index in [2.05, 4.69) is 5.32 Å². The number of benzene rings is 1. The van der Waals surface area contributed by atoms with Crippen molar-refractivity contribution in [3.05, 3.63) is 46.2 Å². The van der Waals surface area contributed by atoms with E-state index in [-0.39, 0.29) is 23.5 Å². The molecular weight excluding hydrogens is 314 g/mol. The summed E-state index contributed by atoms with van der Waals surface area (Å²) < 4.78 is 5.65. The standard InChI is InChI=1S/C17H19NO4S/c1-10(2)22-15-5-4-12(17(20)21)8-14(15)18-16(19)11(3)13-6-7-23-9-13/h4-11H,1-3H3,(H,18,19)(H,20,21). The van der Waals surface area contributed by atoms with Gasteiger partial charge in [0.15, 0.2) is 0 Å². The molecule has 2 rings (SSSR count). The number of carboxylic acids is 1. The molecule has 0 aliphatic carbocycles. The van der Waals surface area contributed by atoms with Crippen LogP contribution < -0.4 is 10.1 Å². The summed E-state index contributed by atoms with van der Waals surface area (Å²) in [5.41, 5.74) is 1.39. The van der Waals surface area contributed by atoms with Gasteiger partial charge in [-0.2, -0.15) is 11.3 Å². The van der Waals surface area contributed by atoms with Crippen LogP contribution in [0.15, 0.2) is 35.0 Å². The average molecular weight is 333 g/mol. The molecule has 0 saturated heterocycles. The van der Waals surface area contributed by atoms with Gasteiger partial charge in [-0.1, -0.05) is 0 Å². The second kappa shape index (κ2) is 7.28. The van der Waals surface area contributed by atoms with Crippen molar-refractivity contribution in [2.75, 3.05) is 5.32 Å². The van der Waals surface area contributed by atoms with E-state index in [0.717, 1.165) is 5.56 Å². The third-order valence-electron chi connectivity index (χ3n) is 3.28. The van der Waals surface area contributed by atoms with Crippen LogP contribution in [0.4, 0.5) is 5.69 Å². The fraction of sp³-hybridized carbons (Fsp3) is 0.294. The summed E-state index contributed by atoms with van der Waals surface area (Å²) in [4.78, 5) is 23.6. The number of carbonyl (C=O) groups is 2. The van der Waals surface area contributed by atoms with E-state index in [9.17, 15) is 9.59 Å². The number of nitrogens with one attached hydrogen (secondary N) is 1.